The number of halogens is 1. The molecule has 2 atom stereocenters. The Morgan fingerprint density at radius 1 is 1.50 bits per heavy atom. The van der Waals surface area contributed by atoms with Crippen LogP contribution in [0.3, 0.4) is 0 Å². The van der Waals surface area contributed by atoms with Gasteiger partial charge in [-0.1, -0.05) is 11.6 Å². The third-order valence-corrected chi connectivity index (χ3v) is 4.75. The van der Waals surface area contributed by atoms with Crippen LogP contribution >= 0.6 is 11.6 Å². The van der Waals surface area contributed by atoms with Crippen molar-refractivity contribution < 1.29 is 19.2 Å². The first-order chi connectivity index (χ1) is 12.3. The number of nitro groups is 1. The maximum absolute atomic E-state index is 12.5. The first kappa shape index (κ1) is 20.1. The van der Waals surface area contributed by atoms with E-state index in [0.717, 1.165) is 12.8 Å². The van der Waals surface area contributed by atoms with Gasteiger partial charge in [0.1, 0.15) is 0 Å². The summed E-state index contributed by atoms with van der Waals surface area (Å²) in [6, 6.07) is 3.36. The third kappa shape index (κ3) is 4.92. The summed E-state index contributed by atoms with van der Waals surface area (Å²) in [7, 11) is 0. The van der Waals surface area contributed by atoms with Gasteiger partial charge < -0.3 is 10.1 Å². The van der Waals surface area contributed by atoms with Crippen LogP contribution in [0.25, 0.3) is 0 Å². The molecule has 1 fully saturated rings. The van der Waals surface area contributed by atoms with Crippen molar-refractivity contribution in [2.45, 2.75) is 32.7 Å². The van der Waals surface area contributed by atoms with E-state index >= 15 is 0 Å². The lowest BCUT2D eigenvalue weighted by Crippen LogP contribution is -2.48. The molecule has 26 heavy (non-hydrogen) atoms. The predicted molar refractivity (Wildman–Crippen MR) is 97.1 cm³/mol. The zero-order valence-corrected chi connectivity index (χ0v) is 15.5. The van der Waals surface area contributed by atoms with Crippen molar-refractivity contribution in [2.75, 3.05) is 25.0 Å². The van der Waals surface area contributed by atoms with Gasteiger partial charge in [-0.25, -0.2) is 0 Å². The van der Waals surface area contributed by atoms with Crippen molar-refractivity contribution in [3.8, 4) is 0 Å². The number of rotatable bonds is 6. The molecular formula is C17H22ClN3O5. The number of anilines is 1. The van der Waals surface area contributed by atoms with Crippen molar-refractivity contribution >= 4 is 34.9 Å². The number of nitrogens with zero attached hydrogens (tertiary/aromatic N) is 2. The predicted octanol–water partition coefficient (Wildman–Crippen LogP) is 2.85. The molecule has 0 spiro atoms. The Hall–Kier alpha value is -2.19. The van der Waals surface area contributed by atoms with E-state index in [1.54, 1.807) is 13.8 Å². The highest BCUT2D eigenvalue weighted by atomic mass is 35.5. The van der Waals surface area contributed by atoms with E-state index in [9.17, 15) is 19.7 Å². The van der Waals surface area contributed by atoms with Gasteiger partial charge in [-0.15, -0.1) is 0 Å². The Bertz CT molecular complexity index is 697. The molecule has 1 aromatic carbocycles. The van der Waals surface area contributed by atoms with E-state index < -0.39 is 11.0 Å². The largest absolute Gasteiger partial charge is 0.466 e. The second-order valence-electron chi connectivity index (χ2n) is 6.17. The number of carbonyl (C=O) groups is 2. The Labute approximate surface area is 156 Å². The smallest absolute Gasteiger partial charge is 0.310 e. The normalized spacial score (nSPS) is 18.8. The summed E-state index contributed by atoms with van der Waals surface area (Å²) in [5, 5.41) is 13.7. The molecule has 9 heteroatoms. The Kier molecular flexibility index (Phi) is 6.93. The molecule has 0 saturated carbocycles. The van der Waals surface area contributed by atoms with Crippen molar-refractivity contribution in [1.29, 1.82) is 0 Å². The lowest BCUT2D eigenvalue weighted by molar-refractivity contribution is -0.384. The number of piperidine rings is 1. The molecule has 1 heterocycles. The van der Waals surface area contributed by atoms with Crippen LogP contribution in [0.5, 0.6) is 0 Å². The van der Waals surface area contributed by atoms with Gasteiger partial charge in [-0.3, -0.25) is 24.6 Å². The number of non-ortho nitro benzene ring substituents is 1. The minimum absolute atomic E-state index is 0.155. The van der Waals surface area contributed by atoms with E-state index in [-0.39, 0.29) is 34.2 Å². The molecule has 0 aliphatic carbocycles. The lowest BCUT2D eigenvalue weighted by atomic mass is 9.97. The number of carbonyl (C=O) groups excluding carboxylic acids is 2. The number of hydrogen-bond acceptors (Lipinski definition) is 6. The highest BCUT2D eigenvalue weighted by Gasteiger charge is 2.31. The van der Waals surface area contributed by atoms with Crippen molar-refractivity contribution in [1.82, 2.24) is 4.90 Å². The van der Waals surface area contributed by atoms with Gasteiger partial charge in [0.2, 0.25) is 5.91 Å². The van der Waals surface area contributed by atoms with Crippen LogP contribution in [-0.4, -0.2) is 47.4 Å². The molecule has 1 aromatic rings. The monoisotopic (exact) mass is 383 g/mol. The Balaban J connectivity index is 2.04. The van der Waals surface area contributed by atoms with Gasteiger partial charge in [0.05, 0.1) is 34.2 Å². The highest BCUT2D eigenvalue weighted by Crippen LogP contribution is 2.27. The summed E-state index contributed by atoms with van der Waals surface area (Å²) >= 11 is 6.02. The summed E-state index contributed by atoms with van der Waals surface area (Å²) < 4.78 is 5.07. The molecule has 0 radical (unpaired) electrons. The Morgan fingerprint density at radius 3 is 2.88 bits per heavy atom. The molecule has 142 valence electrons. The summed E-state index contributed by atoms with van der Waals surface area (Å²) in [5.74, 6) is -0.830. The SMILES string of the molecule is CCOC(=O)C1CCCN(C(C)C(=O)Nc2cc([N+](=O)[O-])ccc2Cl)C1. The Morgan fingerprint density at radius 2 is 2.23 bits per heavy atom. The topological polar surface area (TPSA) is 102 Å². The van der Waals surface area contributed by atoms with Gasteiger partial charge >= 0.3 is 5.97 Å². The molecule has 0 aromatic heterocycles. The van der Waals surface area contributed by atoms with Gasteiger partial charge in [0.25, 0.3) is 5.69 Å². The molecule has 2 rings (SSSR count). The minimum atomic E-state index is -0.552. The summed E-state index contributed by atoms with van der Waals surface area (Å²) in [6.45, 7) is 4.95. The fourth-order valence-corrected chi connectivity index (χ4v) is 3.10. The number of nitrogens with one attached hydrogen (secondary N) is 1. The lowest BCUT2D eigenvalue weighted by Gasteiger charge is -2.35. The minimum Gasteiger partial charge on any atom is -0.466 e. The number of hydrogen-bond donors (Lipinski definition) is 1. The van der Waals surface area contributed by atoms with Crippen LogP contribution < -0.4 is 5.32 Å². The number of nitro benzene ring substituents is 1. The van der Waals surface area contributed by atoms with E-state index in [1.807, 2.05) is 4.90 Å². The average Bonchev–Trinajstić information content (AvgIpc) is 2.63. The van der Waals surface area contributed by atoms with E-state index in [2.05, 4.69) is 5.32 Å². The van der Waals surface area contributed by atoms with Gasteiger partial charge in [0.15, 0.2) is 0 Å². The summed E-state index contributed by atoms with van der Waals surface area (Å²) in [5.41, 5.74) is 0.0365. The van der Waals surface area contributed by atoms with E-state index in [1.165, 1.54) is 18.2 Å². The van der Waals surface area contributed by atoms with Gasteiger partial charge in [-0.2, -0.15) is 0 Å². The maximum Gasteiger partial charge on any atom is 0.310 e. The second-order valence-corrected chi connectivity index (χ2v) is 6.58. The molecule has 8 nitrogen and oxygen atoms in total. The number of ether oxygens (including phenoxy) is 1. The summed E-state index contributed by atoms with van der Waals surface area (Å²) in [6.07, 6.45) is 1.53. The number of benzene rings is 1. The first-order valence-electron chi connectivity index (χ1n) is 8.49. The molecule has 1 saturated heterocycles. The molecule has 1 amide bonds. The van der Waals surface area contributed by atoms with Crippen molar-refractivity contribution in [3.63, 3.8) is 0 Å². The fourth-order valence-electron chi connectivity index (χ4n) is 2.94. The molecule has 1 N–H and O–H groups in total. The van der Waals surface area contributed by atoms with Gasteiger partial charge in [0, 0.05) is 18.7 Å². The second kappa shape index (κ2) is 8.95. The fraction of sp³-hybridized carbons (Fsp3) is 0.529. The maximum atomic E-state index is 12.5. The van der Waals surface area contributed by atoms with Crippen LogP contribution in [-0.2, 0) is 14.3 Å². The van der Waals surface area contributed by atoms with Gasteiger partial charge in [-0.05, 0) is 39.3 Å². The van der Waals surface area contributed by atoms with Crippen LogP contribution in [0, 0.1) is 16.0 Å². The molecular weight excluding hydrogens is 362 g/mol. The molecule has 1 aliphatic heterocycles. The van der Waals surface area contributed by atoms with E-state index in [4.69, 9.17) is 16.3 Å². The van der Waals surface area contributed by atoms with Crippen molar-refractivity contribution in [2.24, 2.45) is 5.92 Å². The van der Waals surface area contributed by atoms with E-state index in [0.29, 0.717) is 19.7 Å². The number of amides is 1. The average molecular weight is 384 g/mol. The molecule has 1 aliphatic rings. The summed E-state index contributed by atoms with van der Waals surface area (Å²) in [4.78, 5) is 36.7. The quantitative estimate of drug-likeness (QED) is 0.460. The van der Waals surface area contributed by atoms with Crippen molar-refractivity contribution in [3.05, 3.63) is 33.3 Å². The first-order valence-corrected chi connectivity index (χ1v) is 8.86. The number of likely N-dealkylation sites (tertiary alicyclic amines) is 1. The molecule has 2 unspecified atom stereocenters. The van der Waals surface area contributed by atoms with Crippen LogP contribution in [0.1, 0.15) is 26.7 Å². The number of esters is 1. The van der Waals surface area contributed by atoms with Crippen LogP contribution in [0.2, 0.25) is 5.02 Å². The van der Waals surface area contributed by atoms with Crippen LogP contribution in [0.15, 0.2) is 18.2 Å². The standard InChI is InChI=1S/C17H22ClN3O5/c1-3-26-17(23)12-5-4-8-20(10-12)11(2)16(22)19-15-9-13(21(24)25)6-7-14(15)18/h6-7,9,11-12H,3-5,8,10H2,1-2H3,(H,19,22). The zero-order chi connectivity index (χ0) is 19.3. The highest BCUT2D eigenvalue weighted by molar-refractivity contribution is 6.33. The van der Waals surface area contributed by atoms with Crippen LogP contribution in [0.4, 0.5) is 11.4 Å². The molecule has 0 bridgehead atoms. The third-order valence-electron chi connectivity index (χ3n) is 4.42. The zero-order valence-electron chi connectivity index (χ0n) is 14.7.